The number of rotatable bonds is 4. The summed E-state index contributed by atoms with van der Waals surface area (Å²) in [6.45, 7) is 6.01. The van der Waals surface area contributed by atoms with E-state index in [0.717, 1.165) is 41.7 Å². The molecule has 0 radical (unpaired) electrons. The van der Waals surface area contributed by atoms with Gasteiger partial charge in [-0.05, 0) is 55.5 Å². The van der Waals surface area contributed by atoms with E-state index in [0.29, 0.717) is 11.8 Å². The zero-order valence-corrected chi connectivity index (χ0v) is 13.9. The Balaban J connectivity index is 1.69. The first kappa shape index (κ1) is 15.4. The van der Waals surface area contributed by atoms with Crippen LogP contribution in [0.25, 0.3) is 10.9 Å². The van der Waals surface area contributed by atoms with Crippen LogP contribution in [-0.4, -0.2) is 41.2 Å². The molecule has 3 unspecified atom stereocenters. The van der Waals surface area contributed by atoms with Crippen molar-refractivity contribution in [3.8, 4) is 5.75 Å². The van der Waals surface area contributed by atoms with Gasteiger partial charge in [0, 0.05) is 29.7 Å². The molecule has 1 aromatic heterocycles. The molecule has 5 rings (SSSR count). The fraction of sp³-hybridized carbons (Fsp3) is 0.450. The topological polar surface area (TPSA) is 45.6 Å². The highest BCUT2D eigenvalue weighted by Crippen LogP contribution is 2.41. The summed E-state index contributed by atoms with van der Waals surface area (Å²) in [7, 11) is 1.64. The molecule has 3 saturated heterocycles. The summed E-state index contributed by atoms with van der Waals surface area (Å²) in [6, 6.07) is 8.88. The number of hydrogen-bond donors (Lipinski definition) is 1. The molecule has 3 fully saturated rings. The molecule has 5 atom stereocenters. The van der Waals surface area contributed by atoms with Crippen LogP contribution in [0.15, 0.2) is 30.9 Å². The molecule has 124 valence electrons. The minimum absolute atomic E-state index is 0.126. The Morgan fingerprint density at radius 2 is 2.38 bits per heavy atom. The van der Waals surface area contributed by atoms with E-state index in [1.165, 1.54) is 6.42 Å². The van der Waals surface area contributed by atoms with Gasteiger partial charge in [0.15, 0.2) is 0 Å². The second-order valence-electron chi connectivity index (χ2n) is 6.84. The van der Waals surface area contributed by atoms with Gasteiger partial charge in [-0.25, -0.2) is 0 Å². The molecule has 1 N–H and O–H groups in total. The monoisotopic (exact) mass is 322 g/mol. The second-order valence-corrected chi connectivity index (χ2v) is 6.84. The van der Waals surface area contributed by atoms with E-state index < -0.39 is 6.10 Å². The van der Waals surface area contributed by atoms with Crippen molar-refractivity contribution in [3.63, 3.8) is 0 Å². The lowest BCUT2D eigenvalue weighted by Crippen LogP contribution is -2.54. The summed E-state index contributed by atoms with van der Waals surface area (Å²) in [4.78, 5) is 6.64. The quantitative estimate of drug-likeness (QED) is 0.879. The summed E-state index contributed by atoms with van der Waals surface area (Å²) < 4.78 is 5.33. The van der Waals surface area contributed by atoms with Crippen LogP contribution in [0.1, 0.15) is 24.5 Å². The molecule has 2 bridgehead atoms. The van der Waals surface area contributed by atoms with Gasteiger partial charge in [-0.3, -0.25) is 4.90 Å². The van der Waals surface area contributed by atoms with Crippen LogP contribution in [0.2, 0.25) is 0 Å². The van der Waals surface area contributed by atoms with Crippen molar-refractivity contribution >= 4 is 10.9 Å². The van der Waals surface area contributed by atoms with Gasteiger partial charge in [-0.15, -0.1) is 6.58 Å². The van der Waals surface area contributed by atoms with Crippen molar-refractivity contribution in [2.45, 2.75) is 25.0 Å². The minimum Gasteiger partial charge on any atom is -0.497 e. The van der Waals surface area contributed by atoms with Crippen LogP contribution in [0, 0.1) is 24.1 Å². The van der Waals surface area contributed by atoms with Crippen LogP contribution >= 0.6 is 0 Å². The average molecular weight is 322 g/mol. The van der Waals surface area contributed by atoms with Crippen LogP contribution in [0.4, 0.5) is 0 Å². The van der Waals surface area contributed by atoms with Gasteiger partial charge in [0.2, 0.25) is 0 Å². The molecule has 1 aromatic carbocycles. The molecular formula is C20H22N2O2. The second kappa shape index (κ2) is 6.08. The van der Waals surface area contributed by atoms with Crippen LogP contribution in [0.5, 0.6) is 5.75 Å². The molecule has 4 nitrogen and oxygen atoms in total. The van der Waals surface area contributed by atoms with E-state index in [-0.39, 0.29) is 6.04 Å². The first-order valence-electron chi connectivity index (χ1n) is 8.53. The van der Waals surface area contributed by atoms with Crippen molar-refractivity contribution in [1.82, 2.24) is 9.88 Å². The maximum atomic E-state index is 11.1. The molecule has 0 saturated carbocycles. The lowest BCUT2D eigenvalue weighted by atomic mass is 9.73. The number of aromatic nitrogens is 1. The Morgan fingerprint density at radius 1 is 1.50 bits per heavy atom. The van der Waals surface area contributed by atoms with Crippen LogP contribution < -0.4 is 4.74 Å². The third-order valence-corrected chi connectivity index (χ3v) is 5.67. The van der Waals surface area contributed by atoms with E-state index in [2.05, 4.69) is 34.8 Å². The molecule has 0 aliphatic carbocycles. The predicted molar refractivity (Wildman–Crippen MR) is 92.7 cm³/mol. The third kappa shape index (κ3) is 2.45. The molecule has 4 heterocycles. The Bertz CT molecular complexity index is 760. The van der Waals surface area contributed by atoms with Crippen LogP contribution in [0.3, 0.4) is 0 Å². The van der Waals surface area contributed by atoms with Gasteiger partial charge in [0.25, 0.3) is 0 Å². The first-order chi connectivity index (χ1) is 11.7. The van der Waals surface area contributed by atoms with Gasteiger partial charge < -0.3 is 9.84 Å². The smallest absolute Gasteiger partial charge is 0.119 e. The minimum atomic E-state index is -0.590. The predicted octanol–water partition coefficient (Wildman–Crippen LogP) is 2.77. The van der Waals surface area contributed by atoms with Crippen molar-refractivity contribution in [2.24, 2.45) is 11.8 Å². The van der Waals surface area contributed by atoms with E-state index in [1.807, 2.05) is 18.2 Å². The maximum Gasteiger partial charge on any atom is 0.119 e. The number of hydrogen-bond acceptors (Lipinski definition) is 4. The molecule has 24 heavy (non-hydrogen) atoms. The van der Waals surface area contributed by atoms with Crippen LogP contribution in [-0.2, 0) is 0 Å². The molecule has 0 amide bonds. The normalized spacial score (nSPS) is 29.9. The zero-order chi connectivity index (χ0) is 16.7. The van der Waals surface area contributed by atoms with Gasteiger partial charge >= 0.3 is 0 Å². The largest absolute Gasteiger partial charge is 0.497 e. The van der Waals surface area contributed by atoms with E-state index >= 15 is 0 Å². The van der Waals surface area contributed by atoms with E-state index in [1.54, 1.807) is 7.11 Å². The highest BCUT2D eigenvalue weighted by atomic mass is 16.5. The number of benzene rings is 1. The SMILES string of the molecule is C=CC1CN2CC[C@H]1CC2[C@@H](O)c1c#cnc2ccc(OC)cc12. The molecule has 2 aromatic rings. The number of fused-ring (bicyclic) bond motifs is 4. The molecular weight excluding hydrogens is 300 g/mol. The highest BCUT2D eigenvalue weighted by molar-refractivity contribution is 5.83. The molecule has 3 aliphatic rings. The van der Waals surface area contributed by atoms with E-state index in [9.17, 15) is 5.11 Å². The standard InChI is InChI=1S/C20H22N2O2/c1-3-13-12-22-9-7-14(13)10-19(22)20(23)16-6-8-21-18-5-4-15(24-2)11-17(16)18/h3-5,11,13-14,19-20,23H,1,7,9-10,12H2,2H3/t13?,14-,19?,20-/m0/s1. The van der Waals surface area contributed by atoms with Gasteiger partial charge in [-0.2, -0.15) is 4.98 Å². The van der Waals surface area contributed by atoms with Crippen molar-refractivity contribution in [1.29, 1.82) is 0 Å². The molecule has 0 spiro atoms. The molecule has 3 aliphatic heterocycles. The Morgan fingerprint density at radius 3 is 3.08 bits per heavy atom. The lowest BCUT2D eigenvalue weighted by Gasteiger charge is -2.50. The summed E-state index contributed by atoms with van der Waals surface area (Å²) >= 11 is 0. The van der Waals surface area contributed by atoms with Crippen molar-refractivity contribution in [2.75, 3.05) is 20.2 Å². The highest BCUT2D eigenvalue weighted by Gasteiger charge is 2.42. The summed E-state index contributed by atoms with van der Waals surface area (Å²) in [5.74, 6) is 1.93. The van der Waals surface area contributed by atoms with Gasteiger partial charge in [-0.1, -0.05) is 6.08 Å². The van der Waals surface area contributed by atoms with Gasteiger partial charge in [0.1, 0.15) is 11.9 Å². The average Bonchev–Trinajstić information content (AvgIpc) is 2.66. The fourth-order valence-corrected chi connectivity index (χ4v) is 4.30. The summed E-state index contributed by atoms with van der Waals surface area (Å²) in [6.07, 6.45) is 6.49. The summed E-state index contributed by atoms with van der Waals surface area (Å²) in [5, 5.41) is 12.0. The number of ether oxygens (including phenoxy) is 1. The zero-order valence-electron chi connectivity index (χ0n) is 13.9. The number of nitrogens with zero attached hydrogens (tertiary/aromatic N) is 2. The third-order valence-electron chi connectivity index (χ3n) is 5.67. The Labute approximate surface area is 142 Å². The van der Waals surface area contributed by atoms with Crippen molar-refractivity contribution in [3.05, 3.63) is 48.7 Å². The first-order valence-corrected chi connectivity index (χ1v) is 8.53. The van der Waals surface area contributed by atoms with E-state index in [4.69, 9.17) is 4.74 Å². The summed E-state index contributed by atoms with van der Waals surface area (Å²) in [5.41, 5.74) is 1.58. The number of aliphatic hydroxyl groups excluding tert-OH is 1. The number of methoxy groups -OCH3 is 1. The maximum absolute atomic E-state index is 11.1. The van der Waals surface area contributed by atoms with Crippen molar-refractivity contribution < 1.29 is 9.84 Å². The van der Waals surface area contributed by atoms with Gasteiger partial charge in [0.05, 0.1) is 12.6 Å². The fourth-order valence-electron chi connectivity index (χ4n) is 4.30. The Kier molecular flexibility index (Phi) is 3.91. The lowest BCUT2D eigenvalue weighted by molar-refractivity contribution is -0.0444. The number of aliphatic hydroxyl groups is 1. The Hall–Kier alpha value is -2.09. The number of piperidine rings is 3. The molecule has 4 heteroatoms.